The van der Waals surface area contributed by atoms with Crippen molar-refractivity contribution < 1.29 is 9.59 Å². The van der Waals surface area contributed by atoms with Gasteiger partial charge in [-0.3, -0.25) is 9.59 Å². The van der Waals surface area contributed by atoms with E-state index in [2.05, 4.69) is 5.32 Å². The van der Waals surface area contributed by atoms with Gasteiger partial charge in [0, 0.05) is 18.3 Å². The zero-order chi connectivity index (χ0) is 18.2. The molecule has 1 aromatic rings. The summed E-state index contributed by atoms with van der Waals surface area (Å²) in [7, 11) is 0. The van der Waals surface area contributed by atoms with Gasteiger partial charge in [0.1, 0.15) is 0 Å². The van der Waals surface area contributed by atoms with Gasteiger partial charge in [-0.2, -0.15) is 0 Å². The molecule has 1 aliphatic carbocycles. The number of fused-ring (bicyclic) bond motifs is 1. The fraction of sp³-hybridized carbons (Fsp3) is 0.636. The van der Waals surface area contributed by atoms with E-state index in [1.807, 2.05) is 24.3 Å². The summed E-state index contributed by atoms with van der Waals surface area (Å²) >= 11 is 0. The van der Waals surface area contributed by atoms with E-state index in [1.54, 1.807) is 4.90 Å². The molecule has 2 amide bonds. The average molecular weight is 357 g/mol. The van der Waals surface area contributed by atoms with E-state index in [1.165, 1.54) is 44.9 Å². The van der Waals surface area contributed by atoms with E-state index in [4.69, 9.17) is 0 Å². The van der Waals surface area contributed by atoms with Crippen LogP contribution in [-0.2, 0) is 16.0 Å². The molecule has 1 heterocycles. The van der Waals surface area contributed by atoms with Crippen molar-refractivity contribution in [2.24, 2.45) is 0 Å². The van der Waals surface area contributed by atoms with Crippen LogP contribution in [0, 0.1) is 0 Å². The van der Waals surface area contributed by atoms with Crippen LogP contribution >= 0.6 is 0 Å². The highest BCUT2D eigenvalue weighted by molar-refractivity contribution is 6.40. The van der Waals surface area contributed by atoms with Gasteiger partial charge < -0.3 is 10.2 Å². The molecule has 142 valence electrons. The van der Waals surface area contributed by atoms with Gasteiger partial charge in [0.25, 0.3) is 0 Å². The first-order valence-electron chi connectivity index (χ1n) is 10.5. The number of rotatable bonds is 1. The summed E-state index contributed by atoms with van der Waals surface area (Å²) in [5.41, 5.74) is 2.05. The van der Waals surface area contributed by atoms with E-state index in [0.29, 0.717) is 6.54 Å². The summed E-state index contributed by atoms with van der Waals surface area (Å²) in [5.74, 6) is -0.833. The van der Waals surface area contributed by atoms with Crippen molar-refractivity contribution in [3.8, 4) is 0 Å². The number of para-hydroxylation sites is 1. The van der Waals surface area contributed by atoms with Gasteiger partial charge in [-0.15, -0.1) is 0 Å². The van der Waals surface area contributed by atoms with E-state index in [0.717, 1.165) is 43.4 Å². The molecule has 0 aromatic heterocycles. The molecule has 0 spiro atoms. The van der Waals surface area contributed by atoms with Crippen molar-refractivity contribution in [1.82, 2.24) is 5.32 Å². The highest BCUT2D eigenvalue weighted by Gasteiger charge is 2.29. The molecule has 2 aliphatic rings. The Morgan fingerprint density at radius 1 is 0.846 bits per heavy atom. The maximum Gasteiger partial charge on any atom is 0.316 e. The summed E-state index contributed by atoms with van der Waals surface area (Å²) in [5, 5.41) is 3.05. The highest BCUT2D eigenvalue weighted by atomic mass is 16.2. The molecule has 26 heavy (non-hydrogen) atoms. The predicted molar refractivity (Wildman–Crippen MR) is 105 cm³/mol. The predicted octanol–water partition coefficient (Wildman–Crippen LogP) is 4.37. The second kappa shape index (κ2) is 9.75. The average Bonchev–Trinajstić information content (AvgIpc) is 3.07. The van der Waals surface area contributed by atoms with Crippen molar-refractivity contribution >= 4 is 17.5 Å². The van der Waals surface area contributed by atoms with Crippen molar-refractivity contribution in [2.75, 3.05) is 11.4 Å². The van der Waals surface area contributed by atoms with Crippen LogP contribution in [0.2, 0.25) is 0 Å². The van der Waals surface area contributed by atoms with Crippen LogP contribution in [0.25, 0.3) is 0 Å². The third-order valence-corrected chi connectivity index (χ3v) is 5.77. The number of carbonyl (C=O) groups is 2. The van der Waals surface area contributed by atoms with Crippen LogP contribution in [0.15, 0.2) is 24.3 Å². The number of hydrogen-bond acceptors (Lipinski definition) is 2. The standard InChI is InChI=1S/C22H32N2O2/c25-21(22(26)24-17-16-18-12-10-11-15-20(18)24)23-19-13-8-6-4-2-1-3-5-7-9-14-19/h10-12,15,19H,1-9,13-14,16-17H2,(H,23,25). The molecule has 0 atom stereocenters. The van der Waals surface area contributed by atoms with Gasteiger partial charge in [-0.1, -0.05) is 76.0 Å². The third kappa shape index (κ3) is 5.09. The Bertz CT molecular complexity index is 602. The largest absolute Gasteiger partial charge is 0.345 e. The Hall–Kier alpha value is -1.84. The lowest BCUT2D eigenvalue weighted by Crippen LogP contribution is -2.46. The summed E-state index contributed by atoms with van der Waals surface area (Å²) in [6, 6.07) is 8.02. The van der Waals surface area contributed by atoms with Crippen LogP contribution in [0.1, 0.15) is 76.2 Å². The van der Waals surface area contributed by atoms with Crippen molar-refractivity contribution in [2.45, 2.75) is 83.1 Å². The molecule has 1 saturated carbocycles. The normalized spacial score (nSPS) is 19.9. The smallest absolute Gasteiger partial charge is 0.316 e. The van der Waals surface area contributed by atoms with Gasteiger partial charge in [0.05, 0.1) is 0 Å². The van der Waals surface area contributed by atoms with Gasteiger partial charge >= 0.3 is 11.8 Å². The second-order valence-corrected chi connectivity index (χ2v) is 7.77. The van der Waals surface area contributed by atoms with E-state index in [9.17, 15) is 9.59 Å². The van der Waals surface area contributed by atoms with Crippen LogP contribution < -0.4 is 10.2 Å². The number of carbonyl (C=O) groups excluding carboxylic acids is 2. The Kier molecular flexibility index (Phi) is 7.10. The molecule has 1 N–H and O–H groups in total. The Labute approximate surface area is 157 Å². The SMILES string of the molecule is O=C(NC1CCCCCCCCCCC1)C(=O)N1CCc2ccccc21. The summed E-state index contributed by atoms with van der Waals surface area (Å²) in [6.07, 6.45) is 14.2. The lowest BCUT2D eigenvalue weighted by Gasteiger charge is -2.22. The zero-order valence-electron chi connectivity index (χ0n) is 15.8. The Morgan fingerprint density at radius 2 is 1.42 bits per heavy atom. The summed E-state index contributed by atoms with van der Waals surface area (Å²) < 4.78 is 0. The van der Waals surface area contributed by atoms with Gasteiger partial charge in [0.15, 0.2) is 0 Å². The third-order valence-electron chi connectivity index (χ3n) is 5.77. The van der Waals surface area contributed by atoms with Crippen molar-refractivity contribution in [3.63, 3.8) is 0 Å². The molecule has 1 fully saturated rings. The molecule has 0 radical (unpaired) electrons. The second-order valence-electron chi connectivity index (χ2n) is 7.77. The van der Waals surface area contributed by atoms with E-state index < -0.39 is 11.8 Å². The molecule has 4 heteroatoms. The quantitative estimate of drug-likeness (QED) is 0.760. The minimum atomic E-state index is -0.432. The molecule has 1 aliphatic heterocycles. The van der Waals surface area contributed by atoms with Crippen LogP contribution in [0.5, 0.6) is 0 Å². The number of anilines is 1. The van der Waals surface area contributed by atoms with E-state index >= 15 is 0 Å². The monoisotopic (exact) mass is 356 g/mol. The molecular formula is C22H32N2O2. The molecule has 1 aromatic carbocycles. The lowest BCUT2D eigenvalue weighted by atomic mass is 9.98. The minimum Gasteiger partial charge on any atom is -0.345 e. The first-order chi connectivity index (χ1) is 12.8. The maximum atomic E-state index is 12.7. The van der Waals surface area contributed by atoms with Crippen LogP contribution in [0.4, 0.5) is 5.69 Å². The van der Waals surface area contributed by atoms with E-state index in [-0.39, 0.29) is 6.04 Å². The fourth-order valence-electron chi connectivity index (χ4n) is 4.23. The number of benzene rings is 1. The number of amides is 2. The van der Waals surface area contributed by atoms with Crippen molar-refractivity contribution in [3.05, 3.63) is 29.8 Å². The first kappa shape index (κ1) is 18.9. The Morgan fingerprint density at radius 3 is 2.08 bits per heavy atom. The van der Waals surface area contributed by atoms with Gasteiger partial charge in [-0.05, 0) is 30.9 Å². The molecule has 3 rings (SSSR count). The Balaban J connectivity index is 1.55. The van der Waals surface area contributed by atoms with Crippen molar-refractivity contribution in [1.29, 1.82) is 0 Å². The molecule has 0 unspecified atom stereocenters. The molecule has 0 bridgehead atoms. The zero-order valence-corrected chi connectivity index (χ0v) is 15.8. The van der Waals surface area contributed by atoms with Crippen LogP contribution in [0.3, 0.4) is 0 Å². The topological polar surface area (TPSA) is 49.4 Å². The summed E-state index contributed by atoms with van der Waals surface area (Å²) in [4.78, 5) is 26.9. The summed E-state index contributed by atoms with van der Waals surface area (Å²) in [6.45, 7) is 0.607. The fourth-order valence-corrected chi connectivity index (χ4v) is 4.23. The minimum absolute atomic E-state index is 0.142. The molecule has 4 nitrogen and oxygen atoms in total. The van der Waals surface area contributed by atoms with Gasteiger partial charge in [0.2, 0.25) is 0 Å². The number of hydrogen-bond donors (Lipinski definition) is 1. The molecule has 0 saturated heterocycles. The first-order valence-corrected chi connectivity index (χ1v) is 10.5. The van der Waals surface area contributed by atoms with Gasteiger partial charge in [-0.25, -0.2) is 0 Å². The lowest BCUT2D eigenvalue weighted by molar-refractivity contribution is -0.138. The highest BCUT2D eigenvalue weighted by Crippen LogP contribution is 2.27. The number of nitrogens with zero attached hydrogens (tertiary/aromatic N) is 1. The molecular weight excluding hydrogens is 324 g/mol. The van der Waals surface area contributed by atoms with Crippen LogP contribution in [-0.4, -0.2) is 24.4 Å². The maximum absolute atomic E-state index is 12.7. The number of nitrogens with one attached hydrogen (secondary N) is 1.